The van der Waals surface area contributed by atoms with E-state index in [1.165, 1.54) is 225 Å². The number of carbonyl (C=O) groups is 3. The molecule has 1 unspecified atom stereocenters. The molecule has 0 radical (unpaired) electrons. The fourth-order valence-corrected chi connectivity index (χ4v) is 9.73. The highest BCUT2D eigenvalue weighted by Crippen LogP contribution is 2.18. The number of hydrogen-bond acceptors (Lipinski definition) is 6. The Kier molecular flexibility index (Phi) is 60.7. The molecule has 0 aliphatic heterocycles. The molecule has 0 N–H and O–H groups in total. The molecule has 1 atom stereocenters. The van der Waals surface area contributed by atoms with Crippen LogP contribution in [0.1, 0.15) is 348 Å². The minimum absolute atomic E-state index is 0.0660. The molecule has 6 heteroatoms. The fraction of sp³-hybridized carbons (Fsp3) is 0.838. The van der Waals surface area contributed by atoms with Crippen LogP contribution in [0.3, 0.4) is 0 Å². The maximum atomic E-state index is 12.9. The van der Waals surface area contributed by atoms with Crippen molar-refractivity contribution < 1.29 is 28.6 Å². The van der Waals surface area contributed by atoms with Crippen LogP contribution in [0, 0.1) is 0 Å². The van der Waals surface area contributed by atoms with Gasteiger partial charge in [0.2, 0.25) is 0 Å². The molecule has 0 aliphatic carbocycles. The van der Waals surface area contributed by atoms with Crippen molar-refractivity contribution in [1.82, 2.24) is 0 Å². The highest BCUT2D eigenvalue weighted by atomic mass is 16.6. The van der Waals surface area contributed by atoms with Crippen molar-refractivity contribution in [3.8, 4) is 0 Å². The number of esters is 3. The molecule has 74 heavy (non-hydrogen) atoms. The molecular formula is C68H124O6. The first kappa shape index (κ1) is 71.4. The van der Waals surface area contributed by atoms with E-state index in [1.807, 2.05) is 0 Å². The third-order valence-electron chi connectivity index (χ3n) is 14.6. The smallest absolute Gasteiger partial charge is 0.306 e. The lowest BCUT2D eigenvalue weighted by Gasteiger charge is -2.18. The highest BCUT2D eigenvalue weighted by molar-refractivity contribution is 5.71. The molecule has 0 rings (SSSR count). The number of rotatable bonds is 60. The zero-order chi connectivity index (χ0) is 53.6. The molecule has 0 aliphatic rings. The van der Waals surface area contributed by atoms with Gasteiger partial charge < -0.3 is 14.2 Å². The van der Waals surface area contributed by atoms with Crippen molar-refractivity contribution in [3.05, 3.63) is 48.6 Å². The van der Waals surface area contributed by atoms with Crippen molar-refractivity contribution in [3.63, 3.8) is 0 Å². The quantitative estimate of drug-likeness (QED) is 0.0261. The second kappa shape index (κ2) is 62.9. The van der Waals surface area contributed by atoms with E-state index in [0.29, 0.717) is 19.3 Å². The fourth-order valence-electron chi connectivity index (χ4n) is 9.73. The van der Waals surface area contributed by atoms with Gasteiger partial charge in [0, 0.05) is 19.3 Å². The van der Waals surface area contributed by atoms with Crippen LogP contribution >= 0.6 is 0 Å². The molecule has 6 nitrogen and oxygen atoms in total. The van der Waals surface area contributed by atoms with Gasteiger partial charge in [-0.15, -0.1) is 0 Å². The van der Waals surface area contributed by atoms with Crippen LogP contribution in [0.2, 0.25) is 0 Å². The third-order valence-corrected chi connectivity index (χ3v) is 14.6. The molecule has 0 saturated heterocycles. The molecule has 432 valence electrons. The second-order valence-corrected chi connectivity index (χ2v) is 22.0. The van der Waals surface area contributed by atoms with Gasteiger partial charge >= 0.3 is 17.9 Å². The molecule has 0 spiro atoms. The number of allylic oxidation sites excluding steroid dienone is 8. The van der Waals surface area contributed by atoms with Crippen LogP contribution in [0.15, 0.2) is 48.6 Å². The molecule has 0 amide bonds. The van der Waals surface area contributed by atoms with E-state index in [1.54, 1.807) is 0 Å². The van der Waals surface area contributed by atoms with Gasteiger partial charge in [-0.2, -0.15) is 0 Å². The Hall–Kier alpha value is -2.63. The van der Waals surface area contributed by atoms with Crippen molar-refractivity contribution in [2.75, 3.05) is 13.2 Å². The Balaban J connectivity index is 4.14. The summed E-state index contributed by atoms with van der Waals surface area (Å²) >= 11 is 0. The van der Waals surface area contributed by atoms with E-state index >= 15 is 0 Å². The summed E-state index contributed by atoms with van der Waals surface area (Å²) in [5.74, 6) is -0.843. The lowest BCUT2D eigenvalue weighted by Crippen LogP contribution is -2.30. The first-order valence-electron chi connectivity index (χ1n) is 32.6. The van der Waals surface area contributed by atoms with Crippen LogP contribution in [0.25, 0.3) is 0 Å². The van der Waals surface area contributed by atoms with Gasteiger partial charge in [0.1, 0.15) is 13.2 Å². The summed E-state index contributed by atoms with van der Waals surface area (Å²) in [4.78, 5) is 38.2. The van der Waals surface area contributed by atoms with Gasteiger partial charge in [-0.05, 0) is 57.8 Å². The molecule has 0 heterocycles. The molecule has 0 aromatic rings. The summed E-state index contributed by atoms with van der Waals surface area (Å²) in [5.41, 5.74) is 0. The van der Waals surface area contributed by atoms with Gasteiger partial charge in [0.15, 0.2) is 6.10 Å². The maximum Gasteiger partial charge on any atom is 0.306 e. The number of ether oxygens (including phenoxy) is 3. The van der Waals surface area contributed by atoms with Crippen LogP contribution in [0.5, 0.6) is 0 Å². The van der Waals surface area contributed by atoms with E-state index in [0.717, 1.165) is 83.5 Å². The van der Waals surface area contributed by atoms with E-state index in [4.69, 9.17) is 14.2 Å². The Bertz CT molecular complexity index is 1280. The number of hydrogen-bond donors (Lipinski definition) is 0. The SMILES string of the molecule is CC/C=C\C/C=C\C/C=C\C/C=C\CCCCCCCCCCCCCCCCCCC(=O)OCC(COC(=O)CCCCCCCCCCCCC)OC(=O)CCCCCCCCCCCCCCCCCC. The molecular weight excluding hydrogens is 913 g/mol. The number of carbonyl (C=O) groups excluding carboxylic acids is 3. The maximum absolute atomic E-state index is 12.9. The van der Waals surface area contributed by atoms with Crippen LogP contribution in [0.4, 0.5) is 0 Å². The van der Waals surface area contributed by atoms with Crippen molar-refractivity contribution >= 4 is 17.9 Å². The summed E-state index contributed by atoms with van der Waals surface area (Å²) in [6, 6.07) is 0. The molecule has 0 fully saturated rings. The molecule has 0 aromatic carbocycles. The van der Waals surface area contributed by atoms with Gasteiger partial charge in [0.05, 0.1) is 0 Å². The second-order valence-electron chi connectivity index (χ2n) is 22.0. The Morgan fingerprint density at radius 3 is 0.824 bits per heavy atom. The third kappa shape index (κ3) is 60.2. The van der Waals surface area contributed by atoms with Crippen LogP contribution < -0.4 is 0 Å². The monoisotopic (exact) mass is 1040 g/mol. The predicted molar refractivity (Wildman–Crippen MR) is 321 cm³/mol. The average molecular weight is 1040 g/mol. The first-order chi connectivity index (χ1) is 36.5. The Morgan fingerprint density at radius 1 is 0.284 bits per heavy atom. The normalized spacial score (nSPS) is 12.3. The zero-order valence-corrected chi connectivity index (χ0v) is 49.6. The largest absolute Gasteiger partial charge is 0.462 e. The molecule has 0 aromatic heterocycles. The summed E-state index contributed by atoms with van der Waals surface area (Å²) in [7, 11) is 0. The summed E-state index contributed by atoms with van der Waals surface area (Å²) in [5, 5.41) is 0. The van der Waals surface area contributed by atoms with Crippen molar-refractivity contribution in [1.29, 1.82) is 0 Å². The molecule has 0 bridgehead atoms. The average Bonchev–Trinajstić information content (AvgIpc) is 3.40. The van der Waals surface area contributed by atoms with E-state index in [-0.39, 0.29) is 31.1 Å². The predicted octanol–water partition coefficient (Wildman–Crippen LogP) is 22.2. The minimum Gasteiger partial charge on any atom is -0.462 e. The summed E-state index contributed by atoms with van der Waals surface area (Å²) in [6.45, 7) is 6.58. The lowest BCUT2D eigenvalue weighted by atomic mass is 10.0. The zero-order valence-electron chi connectivity index (χ0n) is 49.6. The van der Waals surface area contributed by atoms with Crippen LogP contribution in [-0.2, 0) is 28.6 Å². The van der Waals surface area contributed by atoms with Gasteiger partial charge in [-0.25, -0.2) is 0 Å². The summed E-state index contributed by atoms with van der Waals surface area (Å²) in [6.07, 6.45) is 78.4. The van der Waals surface area contributed by atoms with Crippen molar-refractivity contribution in [2.45, 2.75) is 354 Å². The van der Waals surface area contributed by atoms with E-state index in [9.17, 15) is 14.4 Å². The number of unbranched alkanes of at least 4 members (excludes halogenated alkanes) is 41. The van der Waals surface area contributed by atoms with Crippen LogP contribution in [-0.4, -0.2) is 37.2 Å². The van der Waals surface area contributed by atoms with Gasteiger partial charge in [-0.3, -0.25) is 14.4 Å². The Labute approximate surface area is 460 Å². The van der Waals surface area contributed by atoms with E-state index in [2.05, 4.69) is 69.4 Å². The highest BCUT2D eigenvalue weighted by Gasteiger charge is 2.19. The van der Waals surface area contributed by atoms with Gasteiger partial charge in [0.25, 0.3) is 0 Å². The summed E-state index contributed by atoms with van der Waals surface area (Å²) < 4.78 is 16.9. The topological polar surface area (TPSA) is 78.9 Å². The standard InChI is InChI=1S/C68H124O6/c1-4-7-10-13-16-19-22-24-26-28-29-30-31-32-33-34-35-36-37-38-39-40-42-43-46-49-52-55-58-61-67(70)73-64-65(63-72-66(69)60-57-54-51-48-45-21-18-15-12-9-6-3)74-68(71)62-59-56-53-50-47-44-41-27-25-23-20-17-14-11-8-5-2/h7,10,16,19,24,26,29-30,65H,4-6,8-9,11-15,17-18,20-23,25,27-28,31-64H2,1-3H3/b10-7-,19-16-,26-24-,30-29-. The van der Waals surface area contributed by atoms with E-state index < -0.39 is 6.10 Å². The minimum atomic E-state index is -0.767. The first-order valence-corrected chi connectivity index (χ1v) is 32.6. The Morgan fingerprint density at radius 2 is 0.527 bits per heavy atom. The lowest BCUT2D eigenvalue weighted by molar-refractivity contribution is -0.167. The van der Waals surface area contributed by atoms with Crippen molar-refractivity contribution in [2.24, 2.45) is 0 Å². The van der Waals surface area contributed by atoms with Gasteiger partial charge in [-0.1, -0.05) is 320 Å². The molecule has 0 saturated carbocycles.